The van der Waals surface area contributed by atoms with Crippen LogP contribution < -0.4 is 0 Å². The van der Waals surface area contributed by atoms with Gasteiger partial charge in [-0.2, -0.15) is 26.3 Å². The van der Waals surface area contributed by atoms with Gasteiger partial charge in [0.25, 0.3) is 0 Å². The molecule has 20 heavy (non-hydrogen) atoms. The highest BCUT2D eigenvalue weighted by atomic mass is 31.2. The normalized spacial score (nSPS) is 29.5. The van der Waals surface area contributed by atoms with Gasteiger partial charge in [-0.3, -0.25) is 4.57 Å². The third kappa shape index (κ3) is 4.36. The first kappa shape index (κ1) is 17.8. The second kappa shape index (κ2) is 5.50. The molecule has 0 aliphatic heterocycles. The molecule has 2 unspecified atom stereocenters. The number of halogens is 6. The first-order valence-electron chi connectivity index (χ1n) is 5.96. The van der Waals surface area contributed by atoms with E-state index < -0.39 is 50.3 Å². The lowest BCUT2D eigenvalue weighted by atomic mass is 9.74. The minimum absolute atomic E-state index is 0.0789. The monoisotopic (exact) mass is 328 g/mol. The Bertz CT molecular complexity index is 387. The van der Waals surface area contributed by atoms with E-state index in [1.165, 1.54) is 0 Å². The highest BCUT2D eigenvalue weighted by Gasteiger charge is 2.60. The van der Waals surface area contributed by atoms with Crippen molar-refractivity contribution in [3.8, 4) is 0 Å². The number of rotatable bonds is 3. The molecule has 1 aliphatic carbocycles. The maximum atomic E-state index is 12.6. The quantitative estimate of drug-likeness (QED) is 0.608. The minimum Gasteiger partial charge on any atom is -0.324 e. The molecule has 0 aromatic carbocycles. The zero-order chi connectivity index (χ0) is 15.8. The molecule has 3 nitrogen and oxygen atoms in total. The van der Waals surface area contributed by atoms with E-state index in [1.54, 1.807) is 0 Å². The molecule has 0 spiro atoms. The molecular weight excluding hydrogens is 313 g/mol. The Hall–Kier alpha value is -0.270. The molecule has 1 fully saturated rings. The van der Waals surface area contributed by atoms with Crippen molar-refractivity contribution < 1.29 is 40.7 Å². The minimum atomic E-state index is -5.33. The van der Waals surface area contributed by atoms with Crippen molar-refractivity contribution in [1.29, 1.82) is 0 Å². The fourth-order valence-electron chi connectivity index (χ4n) is 2.93. The van der Waals surface area contributed by atoms with Crippen molar-refractivity contribution in [3.63, 3.8) is 0 Å². The van der Waals surface area contributed by atoms with Gasteiger partial charge in [0.15, 0.2) is 0 Å². The Kier molecular flexibility index (Phi) is 4.89. The van der Waals surface area contributed by atoms with E-state index in [-0.39, 0.29) is 19.3 Å². The summed E-state index contributed by atoms with van der Waals surface area (Å²) in [6.07, 6.45) is -13.7. The van der Waals surface area contributed by atoms with Gasteiger partial charge < -0.3 is 9.79 Å². The summed E-state index contributed by atoms with van der Waals surface area (Å²) in [5, 5.41) is -2.65. The van der Waals surface area contributed by atoms with Gasteiger partial charge in [-0.05, 0) is 18.8 Å². The van der Waals surface area contributed by atoms with E-state index in [4.69, 9.17) is 0 Å². The van der Waals surface area contributed by atoms with Crippen molar-refractivity contribution in [2.45, 2.75) is 56.0 Å². The van der Waals surface area contributed by atoms with E-state index in [1.807, 2.05) is 0 Å². The second-order valence-electron chi connectivity index (χ2n) is 5.20. The number of alkyl halides is 6. The van der Waals surface area contributed by atoms with Gasteiger partial charge in [-0.25, -0.2) is 0 Å². The van der Waals surface area contributed by atoms with Gasteiger partial charge in [0.2, 0.25) is 0 Å². The van der Waals surface area contributed by atoms with Crippen LogP contribution in [0.15, 0.2) is 0 Å². The van der Waals surface area contributed by atoms with Crippen LogP contribution in [0.3, 0.4) is 0 Å². The van der Waals surface area contributed by atoms with Crippen LogP contribution in [-0.2, 0) is 4.57 Å². The first-order chi connectivity index (χ1) is 8.77. The van der Waals surface area contributed by atoms with Crippen molar-refractivity contribution in [3.05, 3.63) is 0 Å². The summed E-state index contributed by atoms with van der Waals surface area (Å²) in [6.45, 7) is 0. The smallest absolute Gasteiger partial charge is 0.324 e. The van der Waals surface area contributed by atoms with Crippen molar-refractivity contribution in [2.24, 2.45) is 5.92 Å². The van der Waals surface area contributed by atoms with Crippen LogP contribution in [0.5, 0.6) is 0 Å². The molecule has 10 heteroatoms. The van der Waals surface area contributed by atoms with E-state index >= 15 is 0 Å². The summed E-state index contributed by atoms with van der Waals surface area (Å²) in [4.78, 5) is 18.5. The van der Waals surface area contributed by atoms with E-state index in [2.05, 4.69) is 0 Å². The molecule has 0 radical (unpaired) electrons. The van der Waals surface area contributed by atoms with Gasteiger partial charge in [0.1, 0.15) is 0 Å². The third-order valence-corrected chi connectivity index (χ3v) is 5.64. The standard InChI is InChI=1S/C10H15F6O3P/c11-9(12,13)5-7-3-1-2-4-8(7,20(17,18)19)6-10(14,15)16/h7H,1-6H2,(H2,17,18,19). The van der Waals surface area contributed by atoms with Crippen molar-refractivity contribution >= 4 is 7.60 Å². The number of hydrogen-bond donors (Lipinski definition) is 2. The molecule has 0 heterocycles. The van der Waals surface area contributed by atoms with E-state index in [9.17, 15) is 40.7 Å². The van der Waals surface area contributed by atoms with E-state index in [0.29, 0.717) is 0 Å². The average molecular weight is 328 g/mol. The molecule has 0 amide bonds. The predicted molar refractivity (Wildman–Crippen MR) is 58.1 cm³/mol. The van der Waals surface area contributed by atoms with Crippen LogP contribution in [0, 0.1) is 5.92 Å². The maximum Gasteiger partial charge on any atom is 0.390 e. The largest absolute Gasteiger partial charge is 0.390 e. The molecule has 2 atom stereocenters. The molecule has 0 saturated heterocycles. The summed E-state index contributed by atoms with van der Waals surface area (Å²) >= 11 is 0. The van der Waals surface area contributed by atoms with Gasteiger partial charge >= 0.3 is 19.9 Å². The number of hydrogen-bond acceptors (Lipinski definition) is 1. The lowest BCUT2D eigenvalue weighted by Crippen LogP contribution is -2.45. The van der Waals surface area contributed by atoms with Crippen LogP contribution in [0.2, 0.25) is 0 Å². The maximum absolute atomic E-state index is 12.6. The fraction of sp³-hybridized carbons (Fsp3) is 1.00. The molecule has 120 valence electrons. The third-order valence-electron chi connectivity index (χ3n) is 3.74. The summed E-state index contributed by atoms with van der Waals surface area (Å²) in [6, 6.07) is 0. The van der Waals surface area contributed by atoms with Gasteiger partial charge in [0.05, 0.1) is 11.6 Å². The molecule has 2 N–H and O–H groups in total. The average Bonchev–Trinajstić information content (AvgIpc) is 2.14. The Balaban J connectivity index is 3.19. The molecule has 0 bridgehead atoms. The lowest BCUT2D eigenvalue weighted by Gasteiger charge is -2.44. The highest BCUT2D eigenvalue weighted by molar-refractivity contribution is 7.53. The van der Waals surface area contributed by atoms with Crippen LogP contribution in [0.4, 0.5) is 26.3 Å². The van der Waals surface area contributed by atoms with Crippen molar-refractivity contribution in [2.75, 3.05) is 0 Å². The molecule has 0 aromatic heterocycles. The molecule has 0 aromatic rings. The van der Waals surface area contributed by atoms with Crippen molar-refractivity contribution in [1.82, 2.24) is 0 Å². The molecule has 1 rings (SSSR count). The Morgan fingerprint density at radius 2 is 1.60 bits per heavy atom. The van der Waals surface area contributed by atoms with E-state index in [0.717, 1.165) is 0 Å². The lowest BCUT2D eigenvalue weighted by molar-refractivity contribution is -0.169. The molecule has 1 aliphatic rings. The van der Waals surface area contributed by atoms with Crippen LogP contribution >= 0.6 is 7.60 Å². The Morgan fingerprint density at radius 3 is 2.00 bits per heavy atom. The van der Waals surface area contributed by atoms with Gasteiger partial charge in [0, 0.05) is 6.42 Å². The predicted octanol–water partition coefficient (Wildman–Crippen LogP) is 4.00. The van der Waals surface area contributed by atoms with Crippen LogP contribution in [0.25, 0.3) is 0 Å². The zero-order valence-corrected chi connectivity index (χ0v) is 11.2. The molecular formula is C10H15F6O3P. The van der Waals surface area contributed by atoms with Crippen LogP contribution in [-0.4, -0.2) is 27.3 Å². The Labute approximate surface area is 111 Å². The second-order valence-corrected chi connectivity index (χ2v) is 7.18. The Morgan fingerprint density at radius 1 is 1.05 bits per heavy atom. The van der Waals surface area contributed by atoms with Gasteiger partial charge in [-0.1, -0.05) is 12.8 Å². The fourth-order valence-corrected chi connectivity index (χ4v) is 4.46. The summed E-state index contributed by atoms with van der Waals surface area (Å²) < 4.78 is 86.7. The van der Waals surface area contributed by atoms with Gasteiger partial charge in [-0.15, -0.1) is 0 Å². The SMILES string of the molecule is O=P(O)(O)C1(CC(F)(F)F)CCCCC1CC(F)(F)F. The first-order valence-corrected chi connectivity index (χ1v) is 7.57. The highest BCUT2D eigenvalue weighted by Crippen LogP contribution is 2.65. The summed E-state index contributed by atoms with van der Waals surface area (Å²) in [7, 11) is -5.33. The molecule has 1 saturated carbocycles. The zero-order valence-electron chi connectivity index (χ0n) is 10.3. The topological polar surface area (TPSA) is 57.5 Å². The summed E-state index contributed by atoms with van der Waals surface area (Å²) in [5.41, 5.74) is 0. The van der Waals surface area contributed by atoms with Crippen LogP contribution in [0.1, 0.15) is 38.5 Å². The summed E-state index contributed by atoms with van der Waals surface area (Å²) in [5.74, 6) is -1.71.